The highest BCUT2D eigenvalue weighted by atomic mass is 32.7. The number of methoxy groups -OCH3 is 2. The minimum atomic E-state index is -1.35. The standard InChI is InChI=1S/C44H47N4O8PS2/c1-51-36-19-15-34(16-20-36)44(33-13-7-4-8-14-33,35-17-21-37(52-2)22-18-35)55-30-42-29-54-43(31-53-42,48-26-23-38(45)46-41(48)50)40(42)56-57(47-24-9-10-25-47)59-28-27-58-39(49)32-11-5-3-6-12-32/h3-8,11-23,26,40H,9-10,24-25,27-31H2,1-2H3,(H2,45,46,50)/t40?,42-,43+,57?/m1/s1. The largest absolute Gasteiger partial charge is 0.497 e. The van der Waals surface area contributed by atoms with Crippen molar-refractivity contribution < 1.29 is 33.0 Å². The molecule has 4 atom stereocenters. The van der Waals surface area contributed by atoms with E-state index in [0.29, 0.717) is 28.6 Å². The summed E-state index contributed by atoms with van der Waals surface area (Å²) in [6.45, 7) is 1.87. The number of benzene rings is 4. The van der Waals surface area contributed by atoms with Gasteiger partial charge in [-0.2, -0.15) is 4.98 Å². The fourth-order valence-electron chi connectivity index (χ4n) is 7.94. The molecule has 59 heavy (non-hydrogen) atoms. The van der Waals surface area contributed by atoms with Crippen molar-refractivity contribution in [3.63, 3.8) is 0 Å². The summed E-state index contributed by atoms with van der Waals surface area (Å²) in [7, 11) is 1.98. The summed E-state index contributed by atoms with van der Waals surface area (Å²) in [5.41, 5.74) is 5.06. The first kappa shape index (κ1) is 41.5. The number of ether oxygens (including phenoxy) is 5. The van der Waals surface area contributed by atoms with Gasteiger partial charge in [0.2, 0.25) is 10.8 Å². The molecular formula is C44H47N4O8PS2. The minimum absolute atomic E-state index is 0.0191. The summed E-state index contributed by atoms with van der Waals surface area (Å²) in [6.07, 6.45) is 2.90. The number of carbonyl (C=O) groups excluding carboxylic acids is 1. The highest BCUT2D eigenvalue weighted by Gasteiger charge is 2.70. The van der Waals surface area contributed by atoms with Gasteiger partial charge in [-0.15, -0.1) is 0 Å². The van der Waals surface area contributed by atoms with Crippen molar-refractivity contribution in [2.75, 3.05) is 64.4 Å². The van der Waals surface area contributed by atoms with Crippen molar-refractivity contribution in [3.05, 3.63) is 154 Å². The van der Waals surface area contributed by atoms with E-state index in [9.17, 15) is 9.59 Å². The molecule has 15 heteroatoms. The molecule has 5 aromatic rings. The van der Waals surface area contributed by atoms with E-state index >= 15 is 0 Å². The molecule has 3 saturated heterocycles. The van der Waals surface area contributed by atoms with Crippen molar-refractivity contribution in [3.8, 4) is 11.5 Å². The lowest BCUT2D eigenvalue weighted by Gasteiger charge is -2.40. The molecule has 0 spiro atoms. The van der Waals surface area contributed by atoms with Gasteiger partial charge in [0.15, 0.2) is 7.50 Å². The summed E-state index contributed by atoms with van der Waals surface area (Å²) in [5, 5.41) is 0.0363. The van der Waals surface area contributed by atoms with Crippen LogP contribution in [0.1, 0.15) is 39.9 Å². The topological polar surface area (TPSA) is 137 Å². The third kappa shape index (κ3) is 8.30. The lowest BCUT2D eigenvalue weighted by molar-refractivity contribution is -0.186. The molecule has 2 N–H and O–H groups in total. The second-order valence-corrected chi connectivity index (χ2v) is 19.2. The van der Waals surface area contributed by atoms with E-state index in [1.807, 2.05) is 97.1 Å². The second-order valence-electron chi connectivity index (χ2n) is 14.5. The first-order valence-corrected chi connectivity index (χ1v) is 23.3. The predicted octanol–water partition coefficient (Wildman–Crippen LogP) is 7.32. The van der Waals surface area contributed by atoms with Gasteiger partial charge in [0.1, 0.15) is 34.6 Å². The van der Waals surface area contributed by atoms with Crippen LogP contribution >= 0.6 is 30.6 Å². The van der Waals surface area contributed by atoms with E-state index in [2.05, 4.69) is 21.8 Å². The second kappa shape index (κ2) is 18.2. The Morgan fingerprint density at radius 3 is 2.02 bits per heavy atom. The molecule has 8 rings (SSSR count). The highest BCUT2D eigenvalue weighted by molar-refractivity contribution is 8.53. The van der Waals surface area contributed by atoms with E-state index in [0.717, 1.165) is 42.6 Å². The minimum Gasteiger partial charge on any atom is -0.497 e. The van der Waals surface area contributed by atoms with Gasteiger partial charge in [0, 0.05) is 36.4 Å². The van der Waals surface area contributed by atoms with Crippen LogP contribution < -0.4 is 20.9 Å². The van der Waals surface area contributed by atoms with Crippen LogP contribution in [-0.2, 0) is 30.1 Å². The predicted molar refractivity (Wildman–Crippen MR) is 232 cm³/mol. The number of hydrogen-bond acceptors (Lipinski definition) is 13. The molecule has 3 fully saturated rings. The Morgan fingerprint density at radius 2 is 1.44 bits per heavy atom. The third-order valence-electron chi connectivity index (χ3n) is 11.0. The molecule has 0 radical (unpaired) electrons. The lowest BCUT2D eigenvalue weighted by Crippen LogP contribution is -2.52. The molecule has 4 aromatic carbocycles. The monoisotopic (exact) mass is 854 g/mol. The smallest absolute Gasteiger partial charge is 0.352 e. The number of thioether (sulfide) groups is 1. The molecule has 3 aliphatic heterocycles. The fraction of sp³-hybridized carbons (Fsp3) is 0.341. The van der Waals surface area contributed by atoms with E-state index in [4.69, 9.17) is 33.9 Å². The van der Waals surface area contributed by atoms with Crippen LogP contribution in [0.15, 0.2) is 126 Å². The van der Waals surface area contributed by atoms with Gasteiger partial charge in [-0.3, -0.25) is 14.0 Å². The van der Waals surface area contributed by atoms with Crippen LogP contribution in [0.5, 0.6) is 11.5 Å². The zero-order chi connectivity index (χ0) is 40.9. The summed E-state index contributed by atoms with van der Waals surface area (Å²) in [5.74, 6) is 2.81. The maximum Gasteiger partial charge on any atom is 0.352 e. The zero-order valence-corrected chi connectivity index (χ0v) is 35.5. The number of aromatic nitrogens is 2. The summed E-state index contributed by atoms with van der Waals surface area (Å²) in [4.78, 5) is 30.7. The number of hydrogen-bond donors (Lipinski definition) is 1. The summed E-state index contributed by atoms with van der Waals surface area (Å²) >= 11 is 3.00. The number of rotatable bonds is 17. The fourth-order valence-corrected chi connectivity index (χ4v) is 13.3. The van der Waals surface area contributed by atoms with Crippen LogP contribution in [0.4, 0.5) is 5.82 Å². The number of nitrogens with two attached hydrogens (primary N) is 1. The van der Waals surface area contributed by atoms with Crippen LogP contribution in [-0.4, -0.2) is 89.7 Å². The molecule has 0 amide bonds. The SMILES string of the molecule is COc1ccc(C(OC[C@@]23CO[C@@](n4ccc(N)nc4=O)(CO2)C3OP(SCCSC(=O)c2ccccc2)N2CCCC2)(c2ccccc2)c2ccc(OC)cc2)cc1. The molecule has 0 saturated carbocycles. The van der Waals surface area contributed by atoms with Gasteiger partial charge >= 0.3 is 5.69 Å². The molecule has 1 aromatic heterocycles. The van der Waals surface area contributed by atoms with E-state index in [1.54, 1.807) is 37.9 Å². The van der Waals surface area contributed by atoms with Crippen molar-refractivity contribution >= 4 is 41.6 Å². The molecular weight excluding hydrogens is 808 g/mol. The zero-order valence-electron chi connectivity index (χ0n) is 32.9. The van der Waals surface area contributed by atoms with Crippen LogP contribution in [0, 0.1) is 0 Å². The normalized spacial score (nSPS) is 22.0. The molecule has 308 valence electrons. The van der Waals surface area contributed by atoms with Gasteiger partial charge in [-0.25, -0.2) is 4.79 Å². The van der Waals surface area contributed by atoms with Gasteiger partial charge in [-0.05, 0) is 59.9 Å². The van der Waals surface area contributed by atoms with E-state index in [1.165, 1.54) is 16.3 Å². The van der Waals surface area contributed by atoms with Crippen molar-refractivity contribution in [1.29, 1.82) is 0 Å². The number of nitrogens with zero attached hydrogens (tertiary/aromatic N) is 3. The Bertz CT molecular complexity index is 2190. The number of fused-ring (bicyclic) bond motifs is 2. The third-order valence-corrected chi connectivity index (χ3v) is 16.2. The summed E-state index contributed by atoms with van der Waals surface area (Å²) < 4.78 is 43.3. The van der Waals surface area contributed by atoms with Crippen LogP contribution in [0.2, 0.25) is 0 Å². The van der Waals surface area contributed by atoms with Crippen molar-refractivity contribution in [1.82, 2.24) is 14.2 Å². The molecule has 12 nitrogen and oxygen atoms in total. The Labute approximate surface area is 353 Å². The molecule has 0 aliphatic carbocycles. The van der Waals surface area contributed by atoms with Crippen molar-refractivity contribution in [2.45, 2.75) is 35.9 Å². The maximum atomic E-state index is 13.7. The van der Waals surface area contributed by atoms with Gasteiger partial charge in [-0.1, -0.05) is 108 Å². The number of nitrogen functional groups attached to an aromatic ring is 1. The summed E-state index contributed by atoms with van der Waals surface area (Å²) in [6, 6.07) is 36.7. The van der Waals surface area contributed by atoms with Crippen molar-refractivity contribution in [2.24, 2.45) is 0 Å². The first-order valence-electron chi connectivity index (χ1n) is 19.5. The van der Waals surface area contributed by atoms with Gasteiger partial charge in [0.25, 0.3) is 0 Å². The Morgan fingerprint density at radius 1 is 0.831 bits per heavy atom. The van der Waals surface area contributed by atoms with Gasteiger partial charge in [0.05, 0.1) is 34.0 Å². The maximum absolute atomic E-state index is 13.7. The molecule has 4 heterocycles. The Kier molecular flexibility index (Phi) is 12.8. The van der Waals surface area contributed by atoms with Gasteiger partial charge < -0.3 is 33.9 Å². The quantitative estimate of drug-likeness (QED) is 0.0569. The lowest BCUT2D eigenvalue weighted by atomic mass is 9.79. The molecule has 3 aliphatic rings. The van der Waals surface area contributed by atoms with Crippen LogP contribution in [0.25, 0.3) is 0 Å². The first-order chi connectivity index (χ1) is 28.8. The molecule has 2 bridgehead atoms. The van der Waals surface area contributed by atoms with E-state index in [-0.39, 0.29) is 30.8 Å². The number of carbonyl (C=O) groups is 1. The average Bonchev–Trinajstić information content (AvgIpc) is 4.00. The Hall–Kier alpha value is -4.24. The average molecular weight is 855 g/mol. The Balaban J connectivity index is 1.16. The highest BCUT2D eigenvalue weighted by Crippen LogP contribution is 2.62. The number of anilines is 1. The van der Waals surface area contributed by atoms with Crippen LogP contribution in [0.3, 0.4) is 0 Å². The molecule has 2 unspecified atom stereocenters. The van der Waals surface area contributed by atoms with E-state index < -0.39 is 36.2 Å².